The van der Waals surface area contributed by atoms with Crippen LogP contribution in [0.1, 0.15) is 20.8 Å². The number of carbonyl (C=O) groups is 2. The van der Waals surface area contributed by atoms with Crippen LogP contribution in [-0.4, -0.2) is 63.3 Å². The van der Waals surface area contributed by atoms with Crippen molar-refractivity contribution in [3.8, 4) is 0 Å². The van der Waals surface area contributed by atoms with E-state index in [1.165, 1.54) is 23.5 Å². The van der Waals surface area contributed by atoms with Crippen LogP contribution in [0.2, 0.25) is 0 Å². The maximum absolute atomic E-state index is 12.1. The Labute approximate surface area is 128 Å². The van der Waals surface area contributed by atoms with E-state index >= 15 is 0 Å². The van der Waals surface area contributed by atoms with E-state index in [2.05, 4.69) is 9.97 Å². The van der Waals surface area contributed by atoms with E-state index in [0.29, 0.717) is 18.9 Å². The first-order valence-corrected chi connectivity index (χ1v) is 7.01. The van der Waals surface area contributed by atoms with Gasteiger partial charge in [-0.25, -0.2) is 14.6 Å². The lowest BCUT2D eigenvalue weighted by atomic mass is 10.1. The average Bonchev–Trinajstić information content (AvgIpc) is 2.45. The highest BCUT2D eigenvalue weighted by Crippen LogP contribution is 2.19. The number of aliphatic carboxylic acids is 1. The van der Waals surface area contributed by atoms with Gasteiger partial charge >= 0.3 is 12.1 Å². The van der Waals surface area contributed by atoms with Gasteiger partial charge in [0.2, 0.25) is 0 Å². The molecule has 1 N–H and O–H groups in total. The standard InChI is InChI=1S/C14H20N4O4/c1-14(2,3)22-13(21)17-6-7-18(10(9-17)12(19)20)11-8-15-4-5-16-11/h4-5,8,10H,6-7,9H2,1-3H3,(H,19,20). The molecule has 8 heteroatoms. The second-order valence-corrected chi connectivity index (χ2v) is 6.04. The first kappa shape index (κ1) is 16.0. The van der Waals surface area contributed by atoms with Gasteiger partial charge in [-0.2, -0.15) is 0 Å². The van der Waals surface area contributed by atoms with Crippen LogP contribution in [0.5, 0.6) is 0 Å². The number of ether oxygens (including phenoxy) is 1. The van der Waals surface area contributed by atoms with Crippen molar-refractivity contribution in [1.82, 2.24) is 14.9 Å². The number of carboxylic acid groups (broad SMARTS) is 1. The third kappa shape index (κ3) is 3.84. The molecule has 1 aromatic heterocycles. The summed E-state index contributed by atoms with van der Waals surface area (Å²) in [5, 5.41) is 9.43. The third-order valence-electron chi connectivity index (χ3n) is 3.16. The maximum Gasteiger partial charge on any atom is 0.410 e. The quantitative estimate of drug-likeness (QED) is 0.870. The molecule has 2 heterocycles. The highest BCUT2D eigenvalue weighted by Gasteiger charge is 2.36. The molecule has 1 fully saturated rings. The summed E-state index contributed by atoms with van der Waals surface area (Å²) in [7, 11) is 0. The van der Waals surface area contributed by atoms with Crippen LogP contribution < -0.4 is 4.90 Å². The number of hydrogen-bond donors (Lipinski definition) is 1. The SMILES string of the molecule is CC(C)(C)OC(=O)N1CCN(c2cnccn2)C(C(=O)O)C1. The van der Waals surface area contributed by atoms with Crippen molar-refractivity contribution in [2.24, 2.45) is 0 Å². The number of aromatic nitrogens is 2. The van der Waals surface area contributed by atoms with Crippen molar-refractivity contribution in [3.63, 3.8) is 0 Å². The van der Waals surface area contributed by atoms with Crippen LogP contribution in [0, 0.1) is 0 Å². The Hall–Kier alpha value is -2.38. The molecule has 8 nitrogen and oxygen atoms in total. The predicted octanol–water partition coefficient (Wildman–Crippen LogP) is 0.987. The van der Waals surface area contributed by atoms with Crippen molar-refractivity contribution >= 4 is 17.9 Å². The number of anilines is 1. The van der Waals surface area contributed by atoms with Crippen LogP contribution >= 0.6 is 0 Å². The molecular weight excluding hydrogens is 288 g/mol. The second kappa shape index (κ2) is 6.17. The molecule has 120 valence electrons. The Morgan fingerprint density at radius 2 is 2.05 bits per heavy atom. The third-order valence-corrected chi connectivity index (χ3v) is 3.16. The highest BCUT2D eigenvalue weighted by atomic mass is 16.6. The van der Waals surface area contributed by atoms with Gasteiger partial charge < -0.3 is 19.6 Å². The zero-order chi connectivity index (χ0) is 16.3. The van der Waals surface area contributed by atoms with E-state index in [4.69, 9.17) is 4.74 Å². The number of hydrogen-bond acceptors (Lipinski definition) is 6. The van der Waals surface area contributed by atoms with Crippen molar-refractivity contribution < 1.29 is 19.4 Å². The van der Waals surface area contributed by atoms with Gasteiger partial charge in [0.1, 0.15) is 17.5 Å². The fourth-order valence-electron chi connectivity index (χ4n) is 2.20. The summed E-state index contributed by atoms with van der Waals surface area (Å²) in [6, 6.07) is -0.877. The minimum atomic E-state index is -1.01. The predicted molar refractivity (Wildman–Crippen MR) is 78.6 cm³/mol. The summed E-state index contributed by atoms with van der Waals surface area (Å²) in [6.45, 7) is 6.09. The number of nitrogens with zero attached hydrogens (tertiary/aromatic N) is 4. The summed E-state index contributed by atoms with van der Waals surface area (Å²) in [5.74, 6) is -0.530. The summed E-state index contributed by atoms with van der Waals surface area (Å²) in [6.07, 6.45) is 4.04. The molecule has 1 atom stereocenters. The molecule has 2 rings (SSSR count). The second-order valence-electron chi connectivity index (χ2n) is 6.04. The Morgan fingerprint density at radius 1 is 1.32 bits per heavy atom. The minimum Gasteiger partial charge on any atom is -0.480 e. The Morgan fingerprint density at radius 3 is 2.59 bits per heavy atom. The van der Waals surface area contributed by atoms with Crippen LogP contribution in [0.25, 0.3) is 0 Å². The topological polar surface area (TPSA) is 95.9 Å². The van der Waals surface area contributed by atoms with E-state index in [-0.39, 0.29) is 6.54 Å². The van der Waals surface area contributed by atoms with Crippen LogP contribution in [0.15, 0.2) is 18.6 Å². The molecule has 0 radical (unpaired) electrons. The van der Waals surface area contributed by atoms with Gasteiger partial charge in [-0.15, -0.1) is 0 Å². The van der Waals surface area contributed by atoms with Crippen molar-refractivity contribution in [1.29, 1.82) is 0 Å². The van der Waals surface area contributed by atoms with Crippen LogP contribution in [0.4, 0.5) is 10.6 Å². The van der Waals surface area contributed by atoms with Gasteiger partial charge in [0, 0.05) is 25.5 Å². The van der Waals surface area contributed by atoms with Gasteiger partial charge in [0.15, 0.2) is 0 Å². The number of piperazine rings is 1. The van der Waals surface area contributed by atoms with E-state index < -0.39 is 23.7 Å². The van der Waals surface area contributed by atoms with Crippen LogP contribution in [-0.2, 0) is 9.53 Å². The summed E-state index contributed by atoms with van der Waals surface area (Å²) >= 11 is 0. The lowest BCUT2D eigenvalue weighted by Gasteiger charge is -2.40. The van der Waals surface area contributed by atoms with Crippen molar-refractivity contribution in [2.75, 3.05) is 24.5 Å². The van der Waals surface area contributed by atoms with Crippen LogP contribution in [0.3, 0.4) is 0 Å². The maximum atomic E-state index is 12.1. The fraction of sp³-hybridized carbons (Fsp3) is 0.571. The molecule has 0 bridgehead atoms. The van der Waals surface area contributed by atoms with Gasteiger partial charge in [0.25, 0.3) is 0 Å². The van der Waals surface area contributed by atoms with Gasteiger partial charge in [-0.05, 0) is 20.8 Å². The molecule has 1 unspecified atom stereocenters. The van der Waals surface area contributed by atoms with E-state index in [1.54, 1.807) is 25.7 Å². The summed E-state index contributed by atoms with van der Waals surface area (Å²) in [5.41, 5.74) is -0.613. The van der Waals surface area contributed by atoms with E-state index in [9.17, 15) is 14.7 Å². The number of carboxylic acids is 1. The molecule has 0 aromatic carbocycles. The molecule has 0 aliphatic carbocycles. The average molecular weight is 308 g/mol. The Bertz CT molecular complexity index is 544. The Kier molecular flexibility index (Phi) is 4.48. The Balaban J connectivity index is 2.12. The zero-order valence-electron chi connectivity index (χ0n) is 12.9. The molecule has 1 saturated heterocycles. The van der Waals surface area contributed by atoms with E-state index in [1.807, 2.05) is 0 Å². The number of amides is 1. The first-order chi connectivity index (χ1) is 10.3. The molecule has 1 aliphatic rings. The van der Waals surface area contributed by atoms with Crippen molar-refractivity contribution in [3.05, 3.63) is 18.6 Å². The van der Waals surface area contributed by atoms with Gasteiger partial charge in [-0.1, -0.05) is 0 Å². The molecule has 1 amide bonds. The number of rotatable bonds is 2. The molecule has 0 spiro atoms. The lowest BCUT2D eigenvalue weighted by Crippen LogP contribution is -2.58. The normalized spacial score (nSPS) is 19.0. The summed E-state index contributed by atoms with van der Waals surface area (Å²) in [4.78, 5) is 34.7. The van der Waals surface area contributed by atoms with Gasteiger partial charge in [0.05, 0.1) is 12.7 Å². The molecule has 0 saturated carbocycles. The molecule has 1 aliphatic heterocycles. The molecule has 1 aromatic rings. The minimum absolute atomic E-state index is 0.0425. The first-order valence-electron chi connectivity index (χ1n) is 7.01. The van der Waals surface area contributed by atoms with Gasteiger partial charge in [-0.3, -0.25) is 4.98 Å². The molecular formula is C14H20N4O4. The zero-order valence-corrected chi connectivity index (χ0v) is 12.9. The fourth-order valence-corrected chi connectivity index (χ4v) is 2.20. The summed E-state index contributed by atoms with van der Waals surface area (Å²) < 4.78 is 5.29. The number of carbonyl (C=O) groups excluding carboxylic acids is 1. The smallest absolute Gasteiger partial charge is 0.410 e. The lowest BCUT2D eigenvalue weighted by molar-refractivity contribution is -0.139. The molecule has 22 heavy (non-hydrogen) atoms. The largest absolute Gasteiger partial charge is 0.480 e. The highest BCUT2D eigenvalue weighted by molar-refractivity contribution is 5.80. The van der Waals surface area contributed by atoms with E-state index in [0.717, 1.165) is 0 Å². The monoisotopic (exact) mass is 308 g/mol. The van der Waals surface area contributed by atoms with Crippen molar-refractivity contribution in [2.45, 2.75) is 32.4 Å².